The summed E-state index contributed by atoms with van der Waals surface area (Å²) in [5.41, 5.74) is 0. The van der Waals surface area contributed by atoms with Gasteiger partial charge in [0.1, 0.15) is 5.15 Å². The number of carbonyl (C=O) groups is 2. The summed E-state index contributed by atoms with van der Waals surface area (Å²) in [6, 6.07) is 1.51. The number of rotatable bonds is 3. The average Bonchev–Trinajstić information content (AvgIpc) is 2.59. The zero-order valence-corrected chi connectivity index (χ0v) is 9.46. The van der Waals surface area contributed by atoms with Gasteiger partial charge < -0.3 is 9.72 Å². The van der Waals surface area contributed by atoms with Crippen LogP contribution >= 0.6 is 23.2 Å². The lowest BCUT2D eigenvalue weighted by atomic mass is 10.1. The van der Waals surface area contributed by atoms with E-state index < -0.39 is 17.7 Å². The SMILES string of the molecule is COC(=O)[C@@H](C#N)C(=O)c1nc(Cl)c(Cl)[nH]1. The highest BCUT2D eigenvalue weighted by atomic mass is 35.5. The second kappa shape index (κ2) is 4.96. The molecule has 1 atom stereocenters. The van der Waals surface area contributed by atoms with Crippen molar-refractivity contribution in [3.8, 4) is 6.07 Å². The summed E-state index contributed by atoms with van der Waals surface area (Å²) in [6.45, 7) is 0. The molecule has 0 radical (unpaired) electrons. The van der Waals surface area contributed by atoms with E-state index in [1.165, 1.54) is 6.07 Å². The van der Waals surface area contributed by atoms with Crippen LogP contribution in [0.5, 0.6) is 0 Å². The third-order valence-corrected chi connectivity index (χ3v) is 2.32. The first-order valence-electron chi connectivity index (χ1n) is 3.94. The van der Waals surface area contributed by atoms with Gasteiger partial charge in [0, 0.05) is 0 Å². The number of carbonyl (C=O) groups excluding carboxylic acids is 2. The van der Waals surface area contributed by atoms with Gasteiger partial charge in [-0.15, -0.1) is 0 Å². The number of ether oxygens (including phenoxy) is 1. The Hall–Kier alpha value is -1.58. The van der Waals surface area contributed by atoms with Crippen LogP contribution in [0.25, 0.3) is 0 Å². The van der Waals surface area contributed by atoms with Crippen molar-refractivity contribution in [3.63, 3.8) is 0 Å². The Morgan fingerprint density at radius 2 is 2.19 bits per heavy atom. The number of hydrogen-bond acceptors (Lipinski definition) is 5. The van der Waals surface area contributed by atoms with E-state index in [-0.39, 0.29) is 16.1 Å². The highest BCUT2D eigenvalue weighted by Gasteiger charge is 2.31. The number of Topliss-reactive ketones (excluding diaryl/α,β-unsaturated/α-hetero) is 1. The van der Waals surface area contributed by atoms with Crippen LogP contribution in [0.4, 0.5) is 0 Å². The number of hydrogen-bond donors (Lipinski definition) is 1. The van der Waals surface area contributed by atoms with E-state index in [1.54, 1.807) is 0 Å². The molecule has 0 aliphatic heterocycles. The second-order valence-electron chi connectivity index (χ2n) is 2.64. The molecule has 1 rings (SSSR count). The van der Waals surface area contributed by atoms with Crippen LogP contribution in [0.3, 0.4) is 0 Å². The number of aromatic amines is 1. The van der Waals surface area contributed by atoms with E-state index in [1.807, 2.05) is 0 Å². The lowest BCUT2D eigenvalue weighted by Gasteiger charge is -2.02. The molecule has 0 unspecified atom stereocenters. The van der Waals surface area contributed by atoms with Crippen molar-refractivity contribution in [1.82, 2.24) is 9.97 Å². The normalized spacial score (nSPS) is 11.6. The van der Waals surface area contributed by atoms with Crippen LogP contribution in [0.2, 0.25) is 10.3 Å². The number of ketones is 1. The average molecular weight is 262 g/mol. The number of esters is 1. The molecule has 1 aromatic heterocycles. The highest BCUT2D eigenvalue weighted by molar-refractivity contribution is 6.40. The molecule has 84 valence electrons. The van der Waals surface area contributed by atoms with Crippen molar-refractivity contribution >= 4 is 35.0 Å². The molecule has 8 heteroatoms. The number of nitrogens with zero attached hydrogens (tertiary/aromatic N) is 2. The summed E-state index contributed by atoms with van der Waals surface area (Å²) in [5.74, 6) is -3.64. The summed E-state index contributed by atoms with van der Waals surface area (Å²) in [4.78, 5) is 28.6. The quantitative estimate of drug-likeness (QED) is 0.501. The van der Waals surface area contributed by atoms with Crippen molar-refractivity contribution in [3.05, 3.63) is 16.1 Å². The van der Waals surface area contributed by atoms with Crippen LogP contribution in [-0.4, -0.2) is 28.8 Å². The van der Waals surface area contributed by atoms with E-state index in [2.05, 4.69) is 14.7 Å². The van der Waals surface area contributed by atoms with Crippen molar-refractivity contribution in [1.29, 1.82) is 5.26 Å². The molecule has 0 amide bonds. The molecule has 1 N–H and O–H groups in total. The van der Waals surface area contributed by atoms with E-state index >= 15 is 0 Å². The number of halogens is 2. The van der Waals surface area contributed by atoms with Gasteiger partial charge in [0.2, 0.25) is 11.7 Å². The standard InChI is InChI=1S/C8H5Cl2N3O3/c1-16-8(15)3(2-11)4(14)7-12-5(9)6(10)13-7/h3H,1H3,(H,12,13)/t3-/m0/s1. The smallest absolute Gasteiger partial charge is 0.331 e. The zero-order chi connectivity index (χ0) is 12.3. The van der Waals surface area contributed by atoms with Gasteiger partial charge in [-0.05, 0) is 0 Å². The predicted molar refractivity (Wildman–Crippen MR) is 54.1 cm³/mol. The number of aromatic nitrogens is 2. The molecule has 1 heterocycles. The summed E-state index contributed by atoms with van der Waals surface area (Å²) in [5, 5.41) is 8.52. The fourth-order valence-electron chi connectivity index (χ4n) is 0.920. The molecular formula is C8H5Cl2N3O3. The van der Waals surface area contributed by atoms with Gasteiger partial charge in [-0.25, -0.2) is 4.98 Å². The van der Waals surface area contributed by atoms with Gasteiger partial charge in [0.05, 0.1) is 13.2 Å². The third-order valence-electron chi connectivity index (χ3n) is 1.68. The Morgan fingerprint density at radius 1 is 1.56 bits per heavy atom. The maximum atomic E-state index is 11.6. The largest absolute Gasteiger partial charge is 0.468 e. The van der Waals surface area contributed by atoms with Gasteiger partial charge in [-0.1, -0.05) is 23.2 Å². The molecule has 0 bridgehead atoms. The first kappa shape index (κ1) is 12.5. The van der Waals surface area contributed by atoms with Crippen molar-refractivity contribution < 1.29 is 14.3 Å². The molecule has 0 aromatic carbocycles. The van der Waals surface area contributed by atoms with Gasteiger partial charge in [0.25, 0.3) is 0 Å². The van der Waals surface area contributed by atoms with E-state index in [0.29, 0.717) is 0 Å². The maximum Gasteiger partial charge on any atom is 0.331 e. The lowest BCUT2D eigenvalue weighted by molar-refractivity contribution is -0.141. The molecule has 6 nitrogen and oxygen atoms in total. The molecule has 0 aliphatic rings. The van der Waals surface area contributed by atoms with Gasteiger partial charge in [0.15, 0.2) is 11.0 Å². The fourth-order valence-corrected chi connectivity index (χ4v) is 1.18. The molecule has 0 saturated heterocycles. The van der Waals surface area contributed by atoms with Gasteiger partial charge >= 0.3 is 5.97 Å². The lowest BCUT2D eigenvalue weighted by Crippen LogP contribution is -2.24. The maximum absolute atomic E-state index is 11.6. The zero-order valence-electron chi connectivity index (χ0n) is 7.95. The molecular weight excluding hydrogens is 257 g/mol. The Balaban J connectivity index is 3.01. The van der Waals surface area contributed by atoms with Gasteiger partial charge in [-0.2, -0.15) is 5.26 Å². The van der Waals surface area contributed by atoms with Crippen LogP contribution in [0.15, 0.2) is 0 Å². The summed E-state index contributed by atoms with van der Waals surface area (Å²) in [6.07, 6.45) is 0. The molecule has 16 heavy (non-hydrogen) atoms. The van der Waals surface area contributed by atoms with Crippen molar-refractivity contribution in [2.45, 2.75) is 0 Å². The van der Waals surface area contributed by atoms with E-state index in [9.17, 15) is 9.59 Å². The monoisotopic (exact) mass is 261 g/mol. The highest BCUT2D eigenvalue weighted by Crippen LogP contribution is 2.19. The predicted octanol–water partition coefficient (Wildman–Crippen LogP) is 1.21. The van der Waals surface area contributed by atoms with Crippen LogP contribution in [-0.2, 0) is 9.53 Å². The second-order valence-corrected chi connectivity index (χ2v) is 3.38. The number of nitriles is 1. The van der Waals surface area contributed by atoms with Crippen LogP contribution in [0.1, 0.15) is 10.6 Å². The summed E-state index contributed by atoms with van der Waals surface area (Å²) in [7, 11) is 1.07. The summed E-state index contributed by atoms with van der Waals surface area (Å²) < 4.78 is 4.29. The Kier molecular flexibility index (Phi) is 3.88. The van der Waals surface area contributed by atoms with E-state index in [4.69, 9.17) is 28.5 Å². The Bertz CT molecular complexity index is 458. The molecule has 0 spiro atoms. The number of methoxy groups -OCH3 is 1. The molecule has 0 aliphatic carbocycles. The number of imidazole rings is 1. The van der Waals surface area contributed by atoms with Crippen molar-refractivity contribution in [2.75, 3.05) is 7.11 Å². The van der Waals surface area contributed by atoms with Crippen LogP contribution in [0, 0.1) is 17.2 Å². The molecule has 1 aromatic rings. The molecule has 0 saturated carbocycles. The number of nitrogens with one attached hydrogen (secondary N) is 1. The third kappa shape index (κ3) is 2.32. The minimum atomic E-state index is -1.58. The van der Waals surface area contributed by atoms with E-state index in [0.717, 1.165) is 7.11 Å². The first-order chi connectivity index (χ1) is 7.51. The minimum absolute atomic E-state index is 0.0356. The fraction of sp³-hybridized carbons (Fsp3) is 0.250. The summed E-state index contributed by atoms with van der Waals surface area (Å²) >= 11 is 11.0. The molecule has 0 fully saturated rings. The van der Waals surface area contributed by atoms with Crippen molar-refractivity contribution in [2.24, 2.45) is 5.92 Å². The topological polar surface area (TPSA) is 95.8 Å². The minimum Gasteiger partial charge on any atom is -0.468 e. The first-order valence-corrected chi connectivity index (χ1v) is 4.69. The number of H-pyrrole nitrogens is 1. The Morgan fingerprint density at radius 3 is 2.56 bits per heavy atom. The van der Waals surface area contributed by atoms with Gasteiger partial charge in [-0.3, -0.25) is 9.59 Å². The Labute approximate surface area is 100 Å². The van der Waals surface area contributed by atoms with Crippen LogP contribution < -0.4 is 0 Å².